The molecule has 1 aliphatic rings. The molecule has 0 amide bonds. The summed E-state index contributed by atoms with van der Waals surface area (Å²) in [5, 5.41) is 3.24. The molecular weight excluding hydrogens is 400 g/mol. The van der Waals surface area contributed by atoms with Crippen molar-refractivity contribution in [3.8, 4) is 11.4 Å². The van der Waals surface area contributed by atoms with Gasteiger partial charge in [0.1, 0.15) is 5.69 Å². The van der Waals surface area contributed by atoms with Crippen molar-refractivity contribution in [2.45, 2.75) is 31.7 Å². The maximum atomic E-state index is 13.9. The van der Waals surface area contributed by atoms with Crippen molar-refractivity contribution in [2.24, 2.45) is 0 Å². The summed E-state index contributed by atoms with van der Waals surface area (Å²) in [6.45, 7) is 0. The maximum Gasteiger partial charge on any atom is 0.225 e. The lowest BCUT2D eigenvalue weighted by Gasteiger charge is -2.16. The van der Waals surface area contributed by atoms with Crippen molar-refractivity contribution in [1.82, 2.24) is 15.0 Å². The lowest BCUT2D eigenvalue weighted by atomic mass is 10.2. The molecule has 0 bridgehead atoms. The number of hydrogen-bond acceptors (Lipinski definition) is 6. The molecule has 0 unspecified atom stereocenters. The summed E-state index contributed by atoms with van der Waals surface area (Å²) in [4.78, 5) is 13.0. The Morgan fingerprint density at radius 2 is 1.57 bits per heavy atom. The number of hydrazine groups is 1. The first kappa shape index (κ1) is 19.9. The quantitative estimate of drug-likeness (QED) is 0.301. The Kier molecular flexibility index (Phi) is 5.64. The Labute approximate surface area is 169 Å². The van der Waals surface area contributed by atoms with Crippen LogP contribution in [0.25, 0.3) is 11.4 Å². The third-order valence-electron chi connectivity index (χ3n) is 4.77. The van der Waals surface area contributed by atoms with E-state index in [1.165, 1.54) is 6.07 Å². The first-order valence-corrected chi connectivity index (χ1v) is 9.43. The third-order valence-corrected chi connectivity index (χ3v) is 4.77. The molecule has 6 nitrogen and oxygen atoms in total. The van der Waals surface area contributed by atoms with Gasteiger partial charge in [0.25, 0.3) is 0 Å². The minimum Gasteiger partial charge on any atom is -0.351 e. The summed E-state index contributed by atoms with van der Waals surface area (Å²) >= 11 is 0. The minimum atomic E-state index is -1.55. The Morgan fingerprint density at radius 1 is 0.833 bits per heavy atom. The highest BCUT2D eigenvalue weighted by Gasteiger charge is 2.20. The highest BCUT2D eigenvalue weighted by molar-refractivity contribution is 5.62. The molecule has 156 valence electrons. The minimum absolute atomic E-state index is 0.134. The first-order chi connectivity index (χ1) is 14.5. The zero-order valence-electron chi connectivity index (χ0n) is 15.7. The van der Waals surface area contributed by atoms with Crippen LogP contribution in [0.2, 0.25) is 0 Å². The van der Waals surface area contributed by atoms with Gasteiger partial charge >= 0.3 is 0 Å². The third kappa shape index (κ3) is 4.27. The van der Waals surface area contributed by atoms with Crippen LogP contribution in [0.15, 0.2) is 36.5 Å². The Balaban J connectivity index is 1.63. The van der Waals surface area contributed by atoms with Crippen molar-refractivity contribution in [3.05, 3.63) is 59.8 Å². The number of anilines is 3. The second kappa shape index (κ2) is 8.52. The number of rotatable bonds is 6. The van der Waals surface area contributed by atoms with Crippen LogP contribution < -0.4 is 16.2 Å². The molecule has 2 aromatic heterocycles. The van der Waals surface area contributed by atoms with E-state index < -0.39 is 29.0 Å². The number of nitrogens with zero attached hydrogens (tertiary/aromatic N) is 3. The normalized spacial score (nSPS) is 14.0. The highest BCUT2D eigenvalue weighted by atomic mass is 19.2. The molecule has 4 rings (SSSR count). The molecule has 0 aliphatic heterocycles. The number of halogens is 4. The summed E-state index contributed by atoms with van der Waals surface area (Å²) in [6.07, 6.45) is 5.78. The molecule has 0 saturated heterocycles. The van der Waals surface area contributed by atoms with Gasteiger partial charge in [-0.3, -0.25) is 15.8 Å². The molecule has 1 aromatic carbocycles. The number of pyridine rings is 1. The predicted molar refractivity (Wildman–Crippen MR) is 105 cm³/mol. The first-order valence-electron chi connectivity index (χ1n) is 9.43. The van der Waals surface area contributed by atoms with Crippen LogP contribution in [0.5, 0.6) is 0 Å². The second-order valence-corrected chi connectivity index (χ2v) is 6.90. The van der Waals surface area contributed by atoms with Gasteiger partial charge in [0.2, 0.25) is 5.95 Å². The van der Waals surface area contributed by atoms with Crippen LogP contribution in [-0.2, 0) is 0 Å². The van der Waals surface area contributed by atoms with E-state index in [2.05, 4.69) is 31.1 Å². The van der Waals surface area contributed by atoms with Gasteiger partial charge in [-0.2, -0.15) is 4.98 Å². The Morgan fingerprint density at radius 3 is 2.23 bits per heavy atom. The summed E-state index contributed by atoms with van der Waals surface area (Å²) in [5.74, 6) is -5.69. The monoisotopic (exact) mass is 418 g/mol. The van der Waals surface area contributed by atoms with E-state index in [4.69, 9.17) is 0 Å². The molecule has 1 saturated carbocycles. The van der Waals surface area contributed by atoms with Gasteiger partial charge in [-0.1, -0.05) is 18.9 Å². The van der Waals surface area contributed by atoms with Gasteiger partial charge in [0.05, 0.1) is 11.4 Å². The van der Waals surface area contributed by atoms with E-state index in [-0.39, 0.29) is 17.9 Å². The molecule has 1 aliphatic carbocycles. The molecule has 0 atom stereocenters. The predicted octanol–water partition coefficient (Wildman–Crippen LogP) is 4.89. The number of hydrogen-bond donors (Lipinski definition) is 3. The van der Waals surface area contributed by atoms with Crippen molar-refractivity contribution < 1.29 is 17.6 Å². The van der Waals surface area contributed by atoms with Gasteiger partial charge in [-0.25, -0.2) is 22.5 Å². The van der Waals surface area contributed by atoms with Crippen LogP contribution in [-0.4, -0.2) is 21.0 Å². The molecule has 10 heteroatoms. The maximum absolute atomic E-state index is 13.9. The fraction of sp³-hybridized carbons (Fsp3) is 0.250. The average Bonchev–Trinajstić information content (AvgIpc) is 3.26. The van der Waals surface area contributed by atoms with Crippen LogP contribution in [0.1, 0.15) is 25.7 Å². The molecule has 2 heterocycles. The van der Waals surface area contributed by atoms with Gasteiger partial charge in [0, 0.05) is 24.4 Å². The highest BCUT2D eigenvalue weighted by Crippen LogP contribution is 2.26. The van der Waals surface area contributed by atoms with Gasteiger partial charge in [-0.05, 0) is 25.0 Å². The topological polar surface area (TPSA) is 74.8 Å². The number of benzene rings is 1. The Hall–Kier alpha value is -3.43. The number of aromatic nitrogens is 3. The molecule has 0 radical (unpaired) electrons. The molecule has 0 spiro atoms. The van der Waals surface area contributed by atoms with E-state index >= 15 is 0 Å². The molecule has 1 fully saturated rings. The summed E-state index contributed by atoms with van der Waals surface area (Å²) in [6, 6.07) is 7.16. The van der Waals surface area contributed by atoms with Crippen LogP contribution in [0.4, 0.5) is 35.0 Å². The molecule has 30 heavy (non-hydrogen) atoms. The van der Waals surface area contributed by atoms with Gasteiger partial charge < -0.3 is 5.32 Å². The fourth-order valence-corrected chi connectivity index (χ4v) is 3.28. The zero-order valence-corrected chi connectivity index (χ0v) is 15.7. The standard InChI is InChI=1S/C20H18F4N6/c21-12-9-13(22)18(24)19(17(12)23)30-29-16-10-15(14-7-3-4-8-25-14)27-20(28-16)26-11-5-1-2-6-11/h3-4,7-11,30H,1-2,5-6H2,(H2,26,27,28,29). The summed E-state index contributed by atoms with van der Waals surface area (Å²) in [7, 11) is 0. The largest absolute Gasteiger partial charge is 0.351 e. The van der Waals surface area contributed by atoms with Gasteiger partial charge in [0.15, 0.2) is 29.1 Å². The molecule has 3 N–H and O–H groups in total. The SMILES string of the molecule is Fc1cc(F)c(F)c(NNc2cc(-c3ccccn3)nc(NC3CCCC3)n2)c1F. The lowest BCUT2D eigenvalue weighted by molar-refractivity contribution is 0.459. The van der Waals surface area contributed by atoms with Crippen LogP contribution in [0.3, 0.4) is 0 Å². The van der Waals surface area contributed by atoms with E-state index in [0.717, 1.165) is 25.7 Å². The summed E-state index contributed by atoms with van der Waals surface area (Å²) in [5.41, 5.74) is 4.68. The molecule has 3 aromatic rings. The van der Waals surface area contributed by atoms with E-state index in [0.29, 0.717) is 17.3 Å². The van der Waals surface area contributed by atoms with Crippen molar-refractivity contribution in [1.29, 1.82) is 0 Å². The van der Waals surface area contributed by atoms with E-state index in [1.54, 1.807) is 24.4 Å². The lowest BCUT2D eigenvalue weighted by Crippen LogP contribution is -2.19. The Bertz CT molecular complexity index is 1010. The van der Waals surface area contributed by atoms with Crippen molar-refractivity contribution >= 4 is 17.5 Å². The van der Waals surface area contributed by atoms with E-state index in [1.807, 2.05) is 0 Å². The second-order valence-electron chi connectivity index (χ2n) is 6.90. The van der Waals surface area contributed by atoms with Crippen LogP contribution >= 0.6 is 0 Å². The zero-order chi connectivity index (χ0) is 21.1. The van der Waals surface area contributed by atoms with Crippen LogP contribution in [0, 0.1) is 23.3 Å². The van der Waals surface area contributed by atoms with Gasteiger partial charge in [-0.15, -0.1) is 0 Å². The van der Waals surface area contributed by atoms with E-state index in [9.17, 15) is 17.6 Å². The number of nitrogens with one attached hydrogen (secondary N) is 3. The van der Waals surface area contributed by atoms with Crippen molar-refractivity contribution in [2.75, 3.05) is 16.2 Å². The van der Waals surface area contributed by atoms with Crippen molar-refractivity contribution in [3.63, 3.8) is 0 Å². The summed E-state index contributed by atoms with van der Waals surface area (Å²) < 4.78 is 54.7. The fourth-order valence-electron chi connectivity index (χ4n) is 3.28. The molecular formula is C20H18F4N6. The smallest absolute Gasteiger partial charge is 0.225 e. The average molecular weight is 418 g/mol.